The second-order valence-electron chi connectivity index (χ2n) is 9.23. The van der Waals surface area contributed by atoms with Crippen LogP contribution in [0.4, 0.5) is 0 Å². The van der Waals surface area contributed by atoms with Crippen LogP contribution in [0.2, 0.25) is 15.1 Å². The van der Waals surface area contributed by atoms with E-state index in [0.717, 1.165) is 41.7 Å². The minimum absolute atomic E-state index is 0.139. The maximum Gasteiger partial charge on any atom is 0.255 e. The zero-order valence-electron chi connectivity index (χ0n) is 19.6. The summed E-state index contributed by atoms with van der Waals surface area (Å²) in [7, 11) is 0. The molecule has 35 heavy (non-hydrogen) atoms. The van der Waals surface area contributed by atoms with Gasteiger partial charge in [0.25, 0.3) is 5.56 Å². The predicted octanol–water partition coefficient (Wildman–Crippen LogP) is 7.95. The van der Waals surface area contributed by atoms with Crippen molar-refractivity contribution in [3.05, 3.63) is 91.8 Å². The molecule has 1 saturated heterocycles. The van der Waals surface area contributed by atoms with Crippen molar-refractivity contribution < 1.29 is 0 Å². The first-order chi connectivity index (χ1) is 16.9. The number of benzene rings is 2. The maximum atomic E-state index is 13.3. The molecule has 3 heterocycles. The molecule has 0 bridgehead atoms. The second kappa shape index (κ2) is 9.94. The molecular formula is C28H26Cl3N3O. The number of likely N-dealkylation sites (tertiary alicyclic amines) is 1. The largest absolute Gasteiger partial charge is 0.292 e. The Bertz CT molecular complexity index is 1440. The summed E-state index contributed by atoms with van der Waals surface area (Å²) < 4.78 is 1.61. The van der Waals surface area contributed by atoms with Crippen LogP contribution in [0.5, 0.6) is 0 Å². The fraction of sp³-hybridized carbons (Fsp3) is 0.286. The average molecular weight is 527 g/mol. The Labute approximate surface area is 220 Å². The van der Waals surface area contributed by atoms with Crippen molar-refractivity contribution in [3.8, 4) is 16.9 Å². The van der Waals surface area contributed by atoms with E-state index in [-0.39, 0.29) is 11.6 Å². The molecule has 1 aliphatic heterocycles. The summed E-state index contributed by atoms with van der Waals surface area (Å²) in [6.45, 7) is 5.45. The van der Waals surface area contributed by atoms with Crippen molar-refractivity contribution >= 4 is 45.7 Å². The fourth-order valence-corrected chi connectivity index (χ4v) is 5.90. The van der Waals surface area contributed by atoms with Crippen molar-refractivity contribution in [2.24, 2.45) is 0 Å². The van der Waals surface area contributed by atoms with Crippen molar-refractivity contribution in [1.82, 2.24) is 14.5 Å². The van der Waals surface area contributed by atoms with Gasteiger partial charge < -0.3 is 0 Å². The number of rotatable bonds is 4. The molecule has 180 valence electrons. The van der Waals surface area contributed by atoms with Crippen molar-refractivity contribution in [1.29, 1.82) is 0 Å². The summed E-state index contributed by atoms with van der Waals surface area (Å²) in [6, 6.07) is 18.8. The van der Waals surface area contributed by atoms with E-state index in [2.05, 4.69) is 18.7 Å². The molecule has 0 radical (unpaired) electrons. The molecule has 1 fully saturated rings. The Morgan fingerprint density at radius 2 is 1.63 bits per heavy atom. The van der Waals surface area contributed by atoms with Crippen LogP contribution in [0, 0.1) is 0 Å². The van der Waals surface area contributed by atoms with Crippen molar-refractivity contribution in [3.63, 3.8) is 0 Å². The lowest BCUT2D eigenvalue weighted by atomic mass is 9.95. The zero-order chi connectivity index (χ0) is 24.7. The Morgan fingerprint density at radius 3 is 2.34 bits per heavy atom. The molecule has 1 atom stereocenters. The smallest absolute Gasteiger partial charge is 0.255 e. The van der Waals surface area contributed by atoms with Gasteiger partial charge in [0.2, 0.25) is 0 Å². The summed E-state index contributed by atoms with van der Waals surface area (Å²) in [6.07, 6.45) is 3.30. The summed E-state index contributed by atoms with van der Waals surface area (Å²) >= 11 is 19.8. The quantitative estimate of drug-likeness (QED) is 0.271. The zero-order valence-corrected chi connectivity index (χ0v) is 21.9. The highest BCUT2D eigenvalue weighted by Gasteiger charge is 2.29. The van der Waals surface area contributed by atoms with Crippen molar-refractivity contribution in [2.45, 2.75) is 45.2 Å². The first kappa shape index (κ1) is 24.3. The topological polar surface area (TPSA) is 38.1 Å². The van der Waals surface area contributed by atoms with Gasteiger partial charge in [0.15, 0.2) is 0 Å². The van der Waals surface area contributed by atoms with Gasteiger partial charge in [-0.25, -0.2) is 0 Å². The highest BCUT2D eigenvalue weighted by atomic mass is 35.5. The molecule has 2 aromatic carbocycles. The molecule has 2 aromatic heterocycles. The molecule has 0 N–H and O–H groups in total. The minimum atomic E-state index is -0.209. The van der Waals surface area contributed by atoms with Gasteiger partial charge in [-0.3, -0.25) is 19.2 Å². The van der Waals surface area contributed by atoms with Crippen LogP contribution < -0.4 is 5.56 Å². The van der Waals surface area contributed by atoms with E-state index in [4.69, 9.17) is 39.8 Å². The Balaban J connectivity index is 1.88. The summed E-state index contributed by atoms with van der Waals surface area (Å²) in [4.78, 5) is 21.0. The van der Waals surface area contributed by atoms with E-state index < -0.39 is 0 Å². The van der Waals surface area contributed by atoms with Crippen LogP contribution in [-0.4, -0.2) is 27.0 Å². The SMILES string of the molecule is CC(C)N1CCCCC1c1cc2c(ccc(=O)n2-c2c(Cl)cccc2Cl)c(-c2ccccc2Cl)n1. The summed E-state index contributed by atoms with van der Waals surface area (Å²) in [5, 5.41) is 2.23. The van der Waals surface area contributed by atoms with E-state index >= 15 is 0 Å². The lowest BCUT2D eigenvalue weighted by Crippen LogP contribution is -2.39. The van der Waals surface area contributed by atoms with Gasteiger partial charge in [0.1, 0.15) is 0 Å². The molecule has 0 amide bonds. The van der Waals surface area contributed by atoms with Gasteiger partial charge in [-0.15, -0.1) is 0 Å². The fourth-order valence-electron chi connectivity index (χ4n) is 5.11. The van der Waals surface area contributed by atoms with Gasteiger partial charge in [0, 0.05) is 28.1 Å². The number of pyridine rings is 2. The molecule has 4 nitrogen and oxygen atoms in total. The molecule has 1 aliphatic rings. The average Bonchev–Trinajstić information content (AvgIpc) is 2.85. The highest BCUT2D eigenvalue weighted by Crippen LogP contribution is 2.39. The summed E-state index contributed by atoms with van der Waals surface area (Å²) in [5.74, 6) is 0. The third kappa shape index (κ3) is 4.49. The molecule has 5 rings (SSSR count). The van der Waals surface area contributed by atoms with Gasteiger partial charge >= 0.3 is 0 Å². The van der Waals surface area contributed by atoms with Crippen LogP contribution in [0.3, 0.4) is 0 Å². The number of fused-ring (bicyclic) bond motifs is 1. The molecule has 1 unspecified atom stereocenters. The van der Waals surface area contributed by atoms with Crippen LogP contribution in [0.1, 0.15) is 44.8 Å². The first-order valence-corrected chi connectivity index (χ1v) is 13.0. The molecule has 0 saturated carbocycles. The lowest BCUT2D eigenvalue weighted by Gasteiger charge is -2.38. The Morgan fingerprint density at radius 1 is 0.914 bits per heavy atom. The highest BCUT2D eigenvalue weighted by molar-refractivity contribution is 6.38. The number of nitrogens with zero attached hydrogens (tertiary/aromatic N) is 3. The van der Waals surface area contributed by atoms with E-state index in [1.807, 2.05) is 36.4 Å². The van der Waals surface area contributed by atoms with Gasteiger partial charge in [-0.05, 0) is 63.6 Å². The number of piperidine rings is 1. The molecular weight excluding hydrogens is 501 g/mol. The van der Waals surface area contributed by atoms with E-state index in [0.29, 0.717) is 32.3 Å². The van der Waals surface area contributed by atoms with Crippen LogP contribution in [0.25, 0.3) is 27.8 Å². The number of aromatic nitrogens is 2. The lowest BCUT2D eigenvalue weighted by molar-refractivity contribution is 0.109. The van der Waals surface area contributed by atoms with Crippen molar-refractivity contribution in [2.75, 3.05) is 6.54 Å². The van der Waals surface area contributed by atoms with E-state index in [9.17, 15) is 4.79 Å². The Kier molecular flexibility index (Phi) is 6.91. The van der Waals surface area contributed by atoms with Gasteiger partial charge in [-0.2, -0.15) is 0 Å². The van der Waals surface area contributed by atoms with Crippen LogP contribution >= 0.6 is 34.8 Å². The first-order valence-electron chi connectivity index (χ1n) is 11.9. The number of para-hydroxylation sites is 1. The maximum absolute atomic E-state index is 13.3. The van der Waals surface area contributed by atoms with E-state index in [1.54, 1.807) is 22.8 Å². The van der Waals surface area contributed by atoms with Crippen LogP contribution in [0.15, 0.2) is 65.5 Å². The number of halogens is 3. The van der Waals surface area contributed by atoms with E-state index in [1.165, 1.54) is 12.5 Å². The number of hydrogen-bond acceptors (Lipinski definition) is 3. The minimum Gasteiger partial charge on any atom is -0.292 e. The molecule has 0 aliphatic carbocycles. The summed E-state index contributed by atoms with van der Waals surface area (Å²) in [5.41, 5.74) is 3.46. The third-order valence-corrected chi connectivity index (χ3v) is 7.69. The standard InChI is InChI=1S/C28H26Cl3N3O/c1-17(2)33-15-6-5-12-24(33)23-16-25-19(27(32-23)18-8-3-4-9-20(18)29)13-14-26(35)34(25)28-21(30)10-7-11-22(28)31/h3-4,7-11,13-14,16-17,24H,5-6,12,15H2,1-2H3. The molecule has 7 heteroatoms. The number of hydrogen-bond donors (Lipinski definition) is 0. The van der Waals surface area contributed by atoms with Gasteiger partial charge in [0.05, 0.1) is 38.7 Å². The monoisotopic (exact) mass is 525 g/mol. The van der Waals surface area contributed by atoms with Gasteiger partial charge in [-0.1, -0.05) is 65.5 Å². The molecule has 0 spiro atoms. The Hall–Kier alpha value is -2.37. The second-order valence-corrected chi connectivity index (χ2v) is 10.5. The van der Waals surface area contributed by atoms with Crippen LogP contribution in [-0.2, 0) is 0 Å². The normalized spacial score (nSPS) is 16.8. The molecule has 4 aromatic rings. The third-order valence-electron chi connectivity index (χ3n) is 6.75. The predicted molar refractivity (Wildman–Crippen MR) is 146 cm³/mol.